The highest BCUT2D eigenvalue weighted by molar-refractivity contribution is 7.47. The summed E-state index contributed by atoms with van der Waals surface area (Å²) >= 11 is 0. The zero-order chi connectivity index (χ0) is 42.8. The maximum Gasteiger partial charge on any atom is 0.472 e. The van der Waals surface area contributed by atoms with Crippen LogP contribution >= 0.6 is 7.82 Å². The molecule has 0 heterocycles. The minimum Gasteiger partial charge on any atom is -0.458 e. The summed E-state index contributed by atoms with van der Waals surface area (Å²) in [5.74, 6) is -1.18. The van der Waals surface area contributed by atoms with Crippen LogP contribution in [0.4, 0.5) is 0 Å². The SMILES string of the molecule is CCCCCCCCCCCCCCCCC/C=C/C(=O)OCC(COP(=O)(O)OCC[N+](C)(C)C)OC(=O)/C=C/CCCCCCCCCCCCCCCCC. The number of ether oxygens (including phenoxy) is 2. The van der Waals surface area contributed by atoms with Crippen LogP contribution in [0.1, 0.15) is 219 Å². The molecule has 2 atom stereocenters. The first-order valence-electron chi connectivity index (χ1n) is 24.1. The number of hydrogen-bond acceptors (Lipinski definition) is 7. The number of esters is 2. The van der Waals surface area contributed by atoms with E-state index in [2.05, 4.69) is 13.8 Å². The van der Waals surface area contributed by atoms with Gasteiger partial charge < -0.3 is 18.9 Å². The molecule has 0 saturated heterocycles. The normalized spacial score (nSPS) is 13.7. The number of likely N-dealkylation sites (N-methyl/N-ethyl adjacent to an activating group) is 1. The number of carbonyl (C=O) groups is 2. The Hall–Kier alpha value is -1.51. The van der Waals surface area contributed by atoms with Crippen molar-refractivity contribution in [2.75, 3.05) is 47.5 Å². The summed E-state index contributed by atoms with van der Waals surface area (Å²) in [5, 5.41) is 0. The van der Waals surface area contributed by atoms with Gasteiger partial charge in [0, 0.05) is 12.2 Å². The van der Waals surface area contributed by atoms with Crippen molar-refractivity contribution >= 4 is 19.8 Å². The lowest BCUT2D eigenvalue weighted by Gasteiger charge is -2.24. The number of phosphoric acid groups is 1. The lowest BCUT2D eigenvalue weighted by molar-refractivity contribution is -0.870. The Bertz CT molecular complexity index is 1040. The van der Waals surface area contributed by atoms with Gasteiger partial charge in [0.2, 0.25) is 0 Å². The molecule has 1 N–H and O–H groups in total. The van der Waals surface area contributed by atoms with Crippen LogP contribution in [0.2, 0.25) is 0 Å². The Morgan fingerprint density at radius 3 is 1.22 bits per heavy atom. The number of quaternary nitrogens is 1. The Kier molecular flexibility index (Phi) is 39.8. The Labute approximate surface area is 358 Å². The van der Waals surface area contributed by atoms with Gasteiger partial charge in [-0.05, 0) is 25.7 Å². The van der Waals surface area contributed by atoms with E-state index in [9.17, 15) is 19.0 Å². The average Bonchev–Trinajstić information content (AvgIpc) is 3.17. The summed E-state index contributed by atoms with van der Waals surface area (Å²) in [4.78, 5) is 35.3. The first-order chi connectivity index (χ1) is 28.0. The number of phosphoric ester groups is 1. The van der Waals surface area contributed by atoms with Gasteiger partial charge in [-0.2, -0.15) is 0 Å². The van der Waals surface area contributed by atoms with Crippen LogP contribution in [0.3, 0.4) is 0 Å². The predicted octanol–water partition coefficient (Wildman–Crippen LogP) is 13.9. The molecule has 58 heavy (non-hydrogen) atoms. The molecule has 0 aromatic carbocycles. The minimum absolute atomic E-state index is 0.0168. The van der Waals surface area contributed by atoms with E-state index < -0.39 is 32.5 Å². The van der Waals surface area contributed by atoms with E-state index in [-0.39, 0.29) is 13.2 Å². The molecule has 342 valence electrons. The topological polar surface area (TPSA) is 108 Å². The number of carbonyl (C=O) groups excluding carboxylic acids is 2. The number of allylic oxidation sites excluding steroid dienone is 2. The molecule has 2 unspecified atom stereocenters. The van der Waals surface area contributed by atoms with Crippen molar-refractivity contribution in [2.24, 2.45) is 0 Å². The Morgan fingerprint density at radius 2 is 0.862 bits per heavy atom. The van der Waals surface area contributed by atoms with Gasteiger partial charge in [-0.15, -0.1) is 0 Å². The van der Waals surface area contributed by atoms with Gasteiger partial charge in [-0.3, -0.25) is 9.05 Å². The van der Waals surface area contributed by atoms with E-state index in [1.54, 1.807) is 6.08 Å². The zero-order valence-electron chi connectivity index (χ0n) is 38.5. The number of unbranched alkanes of at least 4 members (excludes halogenated alkanes) is 30. The molecule has 0 spiro atoms. The standard InChI is InChI=1S/C48H92NO8P/c1-6-8-10-12-14-16-18-20-22-24-26-28-30-32-34-36-38-40-47(50)54-44-46(45-56-58(52,53)55-43-42-49(3,4)5)57-48(51)41-39-37-35-33-31-29-27-25-23-21-19-17-15-13-11-9-7-2/h38-41,46H,6-37,42-45H2,1-5H3/p+1/b40-38+,41-39+. The van der Waals surface area contributed by atoms with E-state index in [0.29, 0.717) is 11.0 Å². The molecule has 0 amide bonds. The second kappa shape index (κ2) is 40.9. The van der Waals surface area contributed by atoms with Crippen LogP contribution in [-0.4, -0.2) is 74.9 Å². The zero-order valence-corrected chi connectivity index (χ0v) is 39.4. The summed E-state index contributed by atoms with van der Waals surface area (Å²) in [6, 6.07) is 0. The fourth-order valence-corrected chi connectivity index (χ4v) is 7.56. The van der Waals surface area contributed by atoms with Crippen molar-refractivity contribution in [2.45, 2.75) is 225 Å². The Balaban J connectivity index is 4.37. The molecule has 0 saturated carbocycles. The second-order valence-corrected chi connectivity index (χ2v) is 19.0. The largest absolute Gasteiger partial charge is 0.472 e. The maximum atomic E-state index is 12.6. The van der Waals surface area contributed by atoms with Gasteiger partial charge in [0.05, 0.1) is 27.7 Å². The number of hydrogen-bond donors (Lipinski definition) is 1. The van der Waals surface area contributed by atoms with Crippen LogP contribution in [-0.2, 0) is 32.7 Å². The third-order valence-corrected chi connectivity index (χ3v) is 11.6. The third-order valence-electron chi connectivity index (χ3n) is 10.6. The lowest BCUT2D eigenvalue weighted by atomic mass is 10.0. The highest BCUT2D eigenvalue weighted by Gasteiger charge is 2.26. The highest BCUT2D eigenvalue weighted by Crippen LogP contribution is 2.43. The first kappa shape index (κ1) is 56.5. The minimum atomic E-state index is -4.40. The van der Waals surface area contributed by atoms with Gasteiger partial charge in [0.15, 0.2) is 6.10 Å². The second-order valence-electron chi connectivity index (χ2n) is 17.6. The molecule has 0 aliphatic rings. The van der Waals surface area contributed by atoms with Gasteiger partial charge in [-0.1, -0.05) is 206 Å². The van der Waals surface area contributed by atoms with E-state index in [4.69, 9.17) is 18.5 Å². The monoisotopic (exact) mass is 843 g/mol. The molecule has 0 aliphatic carbocycles. The van der Waals surface area contributed by atoms with Crippen molar-refractivity contribution in [1.82, 2.24) is 0 Å². The molecule has 9 nitrogen and oxygen atoms in total. The van der Waals surface area contributed by atoms with Crippen molar-refractivity contribution < 1.29 is 42.1 Å². The van der Waals surface area contributed by atoms with Crippen molar-refractivity contribution in [3.05, 3.63) is 24.3 Å². The molecule has 0 radical (unpaired) electrons. The van der Waals surface area contributed by atoms with E-state index in [1.807, 2.05) is 27.2 Å². The molecule has 0 rings (SSSR count). The smallest absolute Gasteiger partial charge is 0.458 e. The summed E-state index contributed by atoms with van der Waals surface area (Å²) in [7, 11) is 1.43. The number of nitrogens with zero attached hydrogens (tertiary/aromatic N) is 1. The molecule has 0 fully saturated rings. The van der Waals surface area contributed by atoms with Crippen molar-refractivity contribution in [1.29, 1.82) is 0 Å². The van der Waals surface area contributed by atoms with Crippen LogP contribution in [0.25, 0.3) is 0 Å². The highest BCUT2D eigenvalue weighted by atomic mass is 31.2. The average molecular weight is 843 g/mol. The Morgan fingerprint density at radius 1 is 0.517 bits per heavy atom. The van der Waals surface area contributed by atoms with Gasteiger partial charge in [-0.25, -0.2) is 14.2 Å². The van der Waals surface area contributed by atoms with E-state index in [1.165, 1.54) is 179 Å². The number of rotatable bonds is 44. The molecule has 10 heteroatoms. The fourth-order valence-electron chi connectivity index (χ4n) is 6.81. The fraction of sp³-hybridized carbons (Fsp3) is 0.875. The molecule has 0 aromatic heterocycles. The lowest BCUT2D eigenvalue weighted by Crippen LogP contribution is -2.37. The first-order valence-corrected chi connectivity index (χ1v) is 25.6. The van der Waals surface area contributed by atoms with Gasteiger partial charge in [0.25, 0.3) is 0 Å². The van der Waals surface area contributed by atoms with Crippen molar-refractivity contribution in [3.8, 4) is 0 Å². The predicted molar refractivity (Wildman–Crippen MR) is 243 cm³/mol. The summed E-state index contributed by atoms with van der Waals surface area (Å²) in [6.45, 7) is 4.29. The van der Waals surface area contributed by atoms with Gasteiger partial charge in [0.1, 0.15) is 19.8 Å². The van der Waals surface area contributed by atoms with E-state index >= 15 is 0 Å². The summed E-state index contributed by atoms with van der Waals surface area (Å²) in [5.41, 5.74) is 0. The maximum absolute atomic E-state index is 12.6. The van der Waals surface area contributed by atoms with Crippen LogP contribution < -0.4 is 0 Å². The molecular formula is C48H93NO8P+. The quantitative estimate of drug-likeness (QED) is 0.0212. The summed E-state index contributed by atoms with van der Waals surface area (Å²) in [6.07, 6.45) is 46.1. The summed E-state index contributed by atoms with van der Waals surface area (Å²) < 4.78 is 34.1. The van der Waals surface area contributed by atoms with Gasteiger partial charge >= 0.3 is 19.8 Å². The van der Waals surface area contributed by atoms with Crippen LogP contribution in [0.15, 0.2) is 24.3 Å². The third kappa shape index (κ3) is 44.1. The molecule has 0 aliphatic heterocycles. The molecule has 0 bridgehead atoms. The van der Waals surface area contributed by atoms with E-state index in [0.717, 1.165) is 38.5 Å². The van der Waals surface area contributed by atoms with Crippen molar-refractivity contribution in [3.63, 3.8) is 0 Å². The molecule has 0 aromatic rings. The van der Waals surface area contributed by atoms with Crippen LogP contribution in [0, 0.1) is 0 Å². The molecular weight excluding hydrogens is 750 g/mol. The van der Waals surface area contributed by atoms with Crippen LogP contribution in [0.5, 0.6) is 0 Å².